The predicted molar refractivity (Wildman–Crippen MR) is 98.6 cm³/mol. The van der Waals surface area contributed by atoms with E-state index in [0.717, 1.165) is 64.3 Å². The molecular weight excluding hydrogens is 286 g/mol. The van der Waals surface area contributed by atoms with E-state index < -0.39 is 0 Å². The van der Waals surface area contributed by atoms with Gasteiger partial charge in [0.2, 0.25) is 5.91 Å². The van der Waals surface area contributed by atoms with Crippen molar-refractivity contribution in [1.82, 2.24) is 4.90 Å². The van der Waals surface area contributed by atoms with Crippen LogP contribution in [0.4, 0.5) is 0 Å². The number of unbranched alkanes of at least 4 members (excludes halogenated alkanes) is 10. The first-order valence-corrected chi connectivity index (χ1v) is 9.97. The largest absolute Gasteiger partial charge is 0.343 e. The van der Waals surface area contributed by atoms with Gasteiger partial charge < -0.3 is 9.69 Å². The summed E-state index contributed by atoms with van der Waals surface area (Å²) in [6.07, 6.45) is 16.3. The second-order valence-corrected chi connectivity index (χ2v) is 6.62. The Morgan fingerprint density at radius 3 is 1.87 bits per heavy atom. The minimum atomic E-state index is 0.357. The molecule has 0 N–H and O–H groups in total. The van der Waals surface area contributed by atoms with Gasteiger partial charge in [0.15, 0.2) is 0 Å². The van der Waals surface area contributed by atoms with Crippen molar-refractivity contribution >= 4 is 12.2 Å². The maximum atomic E-state index is 12.4. The lowest BCUT2D eigenvalue weighted by atomic mass is 10.1. The highest BCUT2D eigenvalue weighted by Crippen LogP contribution is 2.10. The molecule has 23 heavy (non-hydrogen) atoms. The Bertz CT molecular complexity index is 279. The number of hydrogen-bond donors (Lipinski definition) is 0. The summed E-state index contributed by atoms with van der Waals surface area (Å²) in [5, 5.41) is 0. The molecule has 0 bridgehead atoms. The van der Waals surface area contributed by atoms with E-state index in [4.69, 9.17) is 0 Å². The molecule has 0 aliphatic heterocycles. The van der Waals surface area contributed by atoms with Crippen LogP contribution in [0, 0.1) is 0 Å². The summed E-state index contributed by atoms with van der Waals surface area (Å²) in [7, 11) is 0. The molecule has 0 saturated heterocycles. The molecule has 0 aromatic heterocycles. The van der Waals surface area contributed by atoms with E-state index in [2.05, 4.69) is 18.7 Å². The summed E-state index contributed by atoms with van der Waals surface area (Å²) >= 11 is 0. The monoisotopic (exact) mass is 325 g/mol. The van der Waals surface area contributed by atoms with Gasteiger partial charge >= 0.3 is 0 Å². The van der Waals surface area contributed by atoms with E-state index in [1.807, 2.05) is 0 Å². The van der Waals surface area contributed by atoms with E-state index in [1.54, 1.807) is 0 Å². The molecule has 0 rings (SSSR count). The number of amides is 1. The van der Waals surface area contributed by atoms with Crippen LogP contribution >= 0.6 is 0 Å². The average Bonchev–Trinajstić information content (AvgIpc) is 2.56. The molecule has 0 aromatic rings. The van der Waals surface area contributed by atoms with Gasteiger partial charge in [-0.1, -0.05) is 65.2 Å². The first kappa shape index (κ1) is 22.1. The fraction of sp³-hybridized carbons (Fsp3) is 0.900. The molecule has 1 amide bonds. The molecule has 0 spiro atoms. The zero-order valence-electron chi connectivity index (χ0n) is 15.7. The molecule has 0 heterocycles. The molecule has 3 nitrogen and oxygen atoms in total. The first-order chi connectivity index (χ1) is 11.3. The van der Waals surface area contributed by atoms with Gasteiger partial charge in [0.1, 0.15) is 6.29 Å². The van der Waals surface area contributed by atoms with Gasteiger partial charge in [-0.05, 0) is 25.7 Å². The molecule has 0 aliphatic carbocycles. The van der Waals surface area contributed by atoms with Crippen LogP contribution in [0.15, 0.2) is 0 Å². The SMILES string of the molecule is CCCCCCN(CCCCCCCC=O)C(=O)CCCCC. The van der Waals surface area contributed by atoms with Crippen LogP contribution in [-0.2, 0) is 9.59 Å². The van der Waals surface area contributed by atoms with Gasteiger partial charge in [0.05, 0.1) is 0 Å². The van der Waals surface area contributed by atoms with Crippen LogP contribution in [-0.4, -0.2) is 30.2 Å². The van der Waals surface area contributed by atoms with E-state index in [0.29, 0.717) is 12.3 Å². The van der Waals surface area contributed by atoms with Crippen molar-refractivity contribution in [2.24, 2.45) is 0 Å². The van der Waals surface area contributed by atoms with Crippen LogP contribution < -0.4 is 0 Å². The second kappa shape index (κ2) is 17.5. The fourth-order valence-electron chi connectivity index (χ4n) is 2.84. The second-order valence-electron chi connectivity index (χ2n) is 6.62. The van der Waals surface area contributed by atoms with Crippen molar-refractivity contribution in [3.8, 4) is 0 Å². The summed E-state index contributed by atoms with van der Waals surface area (Å²) in [5.74, 6) is 0.357. The Morgan fingerprint density at radius 2 is 1.26 bits per heavy atom. The summed E-state index contributed by atoms with van der Waals surface area (Å²) in [4.78, 5) is 24.8. The highest BCUT2D eigenvalue weighted by Gasteiger charge is 2.12. The van der Waals surface area contributed by atoms with Crippen LogP contribution in [0.3, 0.4) is 0 Å². The van der Waals surface area contributed by atoms with Crippen molar-refractivity contribution in [3.05, 3.63) is 0 Å². The molecule has 0 atom stereocenters. The Labute approximate surface area is 144 Å². The molecule has 0 radical (unpaired) electrons. The average molecular weight is 326 g/mol. The highest BCUT2D eigenvalue weighted by molar-refractivity contribution is 5.76. The normalized spacial score (nSPS) is 10.7. The van der Waals surface area contributed by atoms with E-state index in [1.165, 1.54) is 38.5 Å². The number of carbonyl (C=O) groups is 2. The van der Waals surface area contributed by atoms with Crippen LogP contribution in [0.5, 0.6) is 0 Å². The Balaban J connectivity index is 3.94. The van der Waals surface area contributed by atoms with Crippen LogP contribution in [0.25, 0.3) is 0 Å². The van der Waals surface area contributed by atoms with Crippen LogP contribution in [0.2, 0.25) is 0 Å². The molecular formula is C20H39NO2. The third-order valence-electron chi connectivity index (χ3n) is 4.38. The third kappa shape index (κ3) is 14.5. The van der Waals surface area contributed by atoms with Gasteiger partial charge in [0, 0.05) is 25.9 Å². The topological polar surface area (TPSA) is 37.4 Å². The molecule has 136 valence electrons. The van der Waals surface area contributed by atoms with Crippen molar-refractivity contribution < 1.29 is 9.59 Å². The number of hydrogen-bond acceptors (Lipinski definition) is 2. The lowest BCUT2D eigenvalue weighted by Gasteiger charge is -2.23. The first-order valence-electron chi connectivity index (χ1n) is 9.97. The summed E-state index contributed by atoms with van der Waals surface area (Å²) < 4.78 is 0. The highest BCUT2D eigenvalue weighted by atomic mass is 16.2. The van der Waals surface area contributed by atoms with Gasteiger partial charge in [-0.25, -0.2) is 0 Å². The van der Waals surface area contributed by atoms with Crippen LogP contribution in [0.1, 0.15) is 104 Å². The molecule has 3 heteroatoms. The van der Waals surface area contributed by atoms with E-state index in [-0.39, 0.29) is 0 Å². The summed E-state index contributed by atoms with van der Waals surface area (Å²) in [6, 6.07) is 0. The van der Waals surface area contributed by atoms with Gasteiger partial charge in [0.25, 0.3) is 0 Å². The third-order valence-corrected chi connectivity index (χ3v) is 4.38. The Hall–Kier alpha value is -0.860. The fourth-order valence-corrected chi connectivity index (χ4v) is 2.84. The lowest BCUT2D eigenvalue weighted by molar-refractivity contribution is -0.131. The van der Waals surface area contributed by atoms with E-state index >= 15 is 0 Å². The predicted octanol–water partition coefficient (Wildman–Crippen LogP) is 5.52. The van der Waals surface area contributed by atoms with Gasteiger partial charge in [-0.3, -0.25) is 4.79 Å². The van der Waals surface area contributed by atoms with Crippen molar-refractivity contribution in [1.29, 1.82) is 0 Å². The Kier molecular flexibility index (Phi) is 16.8. The molecule has 0 unspecified atom stereocenters. The standard InChI is InChI=1S/C20H39NO2/c1-3-5-7-13-17-21(20(23)16-12-6-4-2)18-14-10-8-9-11-15-19-22/h19H,3-18H2,1-2H3. The summed E-state index contributed by atoms with van der Waals surface area (Å²) in [6.45, 7) is 6.26. The number of aldehydes is 1. The molecule has 0 aliphatic rings. The van der Waals surface area contributed by atoms with E-state index in [9.17, 15) is 9.59 Å². The smallest absolute Gasteiger partial charge is 0.222 e. The zero-order valence-corrected chi connectivity index (χ0v) is 15.7. The van der Waals surface area contributed by atoms with Crippen molar-refractivity contribution in [2.75, 3.05) is 13.1 Å². The number of nitrogens with zero attached hydrogens (tertiary/aromatic N) is 1. The number of carbonyl (C=O) groups excluding carboxylic acids is 2. The van der Waals surface area contributed by atoms with Crippen molar-refractivity contribution in [2.45, 2.75) is 104 Å². The zero-order chi connectivity index (χ0) is 17.2. The minimum Gasteiger partial charge on any atom is -0.343 e. The quantitative estimate of drug-likeness (QED) is 0.261. The number of rotatable bonds is 17. The maximum Gasteiger partial charge on any atom is 0.222 e. The maximum absolute atomic E-state index is 12.4. The Morgan fingerprint density at radius 1 is 0.739 bits per heavy atom. The van der Waals surface area contributed by atoms with Gasteiger partial charge in [-0.15, -0.1) is 0 Å². The van der Waals surface area contributed by atoms with Gasteiger partial charge in [-0.2, -0.15) is 0 Å². The molecule has 0 aromatic carbocycles. The van der Waals surface area contributed by atoms with Crippen molar-refractivity contribution in [3.63, 3.8) is 0 Å². The minimum absolute atomic E-state index is 0.357. The lowest BCUT2D eigenvalue weighted by Crippen LogP contribution is -2.32. The molecule has 0 fully saturated rings. The summed E-state index contributed by atoms with van der Waals surface area (Å²) in [5.41, 5.74) is 0. The molecule has 0 saturated carbocycles.